The van der Waals surface area contributed by atoms with Crippen LogP contribution in [0.15, 0.2) is 0 Å². The summed E-state index contributed by atoms with van der Waals surface area (Å²) in [5, 5.41) is 6.29. The minimum absolute atomic E-state index is 0.775. The van der Waals surface area contributed by atoms with Crippen LogP contribution in [-0.2, 0) is 13.6 Å². The predicted molar refractivity (Wildman–Crippen MR) is 74.8 cm³/mol. The fourth-order valence-corrected chi connectivity index (χ4v) is 3.23. The Balaban J connectivity index is 2.05. The molecule has 0 aliphatic carbocycles. The van der Waals surface area contributed by atoms with E-state index >= 15 is 0 Å². The molecule has 1 aromatic heterocycles. The normalized spacial score (nSPS) is 22.0. The van der Waals surface area contributed by atoms with Crippen LogP contribution in [0.1, 0.15) is 24.2 Å². The van der Waals surface area contributed by atoms with Crippen LogP contribution in [0.3, 0.4) is 0 Å². The summed E-state index contributed by atoms with van der Waals surface area (Å²) in [6.45, 7) is 5.21. The van der Waals surface area contributed by atoms with Crippen molar-refractivity contribution in [3.05, 3.63) is 16.4 Å². The monoisotopic (exact) mass is 319 g/mol. The first-order chi connectivity index (χ1) is 8.11. The van der Waals surface area contributed by atoms with Crippen molar-refractivity contribution in [1.29, 1.82) is 0 Å². The van der Waals surface area contributed by atoms with E-state index in [9.17, 15) is 0 Å². The number of piperidine rings is 1. The Kier molecular flexibility index (Phi) is 4.50. The molecule has 1 saturated heterocycles. The van der Waals surface area contributed by atoms with Crippen molar-refractivity contribution < 1.29 is 0 Å². The molecule has 2 rings (SSSR count). The van der Waals surface area contributed by atoms with Crippen molar-refractivity contribution in [1.82, 2.24) is 14.7 Å². The van der Waals surface area contributed by atoms with Crippen molar-refractivity contribution in [2.24, 2.45) is 13.0 Å². The molecule has 0 bridgehead atoms. The maximum atomic E-state index is 6.28. The number of hydrogen-bond acceptors (Lipinski definition) is 2. The summed E-state index contributed by atoms with van der Waals surface area (Å²) >= 11 is 9.87. The molecule has 1 atom stereocenters. The molecule has 0 radical (unpaired) electrons. The third-order valence-electron chi connectivity index (χ3n) is 3.46. The molecular formula is C12H19BrClN3. The quantitative estimate of drug-likeness (QED) is 0.798. The molecule has 0 spiro atoms. The van der Waals surface area contributed by atoms with E-state index in [-0.39, 0.29) is 0 Å². The molecule has 0 N–H and O–H groups in total. The average Bonchev–Trinajstić information content (AvgIpc) is 2.56. The molecule has 1 aliphatic heterocycles. The molecule has 1 aliphatic rings. The van der Waals surface area contributed by atoms with Crippen LogP contribution in [0.25, 0.3) is 0 Å². The summed E-state index contributed by atoms with van der Waals surface area (Å²) in [6, 6.07) is 0. The Hall–Kier alpha value is -0.0600. The van der Waals surface area contributed by atoms with Crippen LogP contribution in [0.5, 0.6) is 0 Å². The maximum absolute atomic E-state index is 6.28. The lowest BCUT2D eigenvalue weighted by atomic mass is 10.0. The minimum Gasteiger partial charge on any atom is -0.297 e. The van der Waals surface area contributed by atoms with Gasteiger partial charge in [0.25, 0.3) is 0 Å². The lowest BCUT2D eigenvalue weighted by molar-refractivity contribution is 0.175. The van der Waals surface area contributed by atoms with Crippen LogP contribution in [0.2, 0.25) is 5.02 Å². The third-order valence-corrected chi connectivity index (χ3v) is 4.86. The SMILES string of the molecule is Cc1nn(C)c(CN2CCCC(CBr)C2)c1Cl. The number of aromatic nitrogens is 2. The molecule has 3 nitrogen and oxygen atoms in total. The lowest BCUT2D eigenvalue weighted by Crippen LogP contribution is -2.36. The second kappa shape index (κ2) is 5.72. The van der Waals surface area contributed by atoms with Crippen molar-refractivity contribution >= 4 is 27.5 Å². The summed E-state index contributed by atoms with van der Waals surface area (Å²) in [6.07, 6.45) is 2.62. The van der Waals surface area contributed by atoms with Gasteiger partial charge in [-0.15, -0.1) is 0 Å². The number of halogens is 2. The van der Waals surface area contributed by atoms with E-state index in [0.717, 1.165) is 40.7 Å². The zero-order valence-corrected chi connectivity index (χ0v) is 12.8. The van der Waals surface area contributed by atoms with Gasteiger partial charge in [0.15, 0.2) is 0 Å². The Morgan fingerprint density at radius 3 is 2.88 bits per heavy atom. The summed E-state index contributed by atoms with van der Waals surface area (Å²) in [4.78, 5) is 2.48. The van der Waals surface area contributed by atoms with Gasteiger partial charge in [-0.2, -0.15) is 5.10 Å². The highest BCUT2D eigenvalue weighted by atomic mass is 79.9. The fourth-order valence-electron chi connectivity index (χ4n) is 2.48. The van der Waals surface area contributed by atoms with E-state index in [1.807, 2.05) is 18.7 Å². The molecule has 1 unspecified atom stereocenters. The molecule has 5 heteroatoms. The van der Waals surface area contributed by atoms with Crippen LogP contribution >= 0.6 is 27.5 Å². The van der Waals surface area contributed by atoms with Gasteiger partial charge in [0.05, 0.1) is 16.4 Å². The third kappa shape index (κ3) is 3.04. The van der Waals surface area contributed by atoms with E-state index in [1.54, 1.807) is 0 Å². The highest BCUT2D eigenvalue weighted by Crippen LogP contribution is 2.24. The van der Waals surface area contributed by atoms with E-state index in [0.29, 0.717) is 0 Å². The Bertz CT molecular complexity index is 391. The fraction of sp³-hybridized carbons (Fsp3) is 0.750. The van der Waals surface area contributed by atoms with Gasteiger partial charge in [-0.3, -0.25) is 9.58 Å². The van der Waals surface area contributed by atoms with Gasteiger partial charge in [-0.25, -0.2) is 0 Å². The molecule has 96 valence electrons. The molecule has 0 amide bonds. The standard InChI is InChI=1S/C12H19BrClN3/c1-9-12(14)11(16(2)15-9)8-17-5-3-4-10(6-13)7-17/h10H,3-8H2,1-2H3. The molecule has 0 saturated carbocycles. The summed E-state index contributed by atoms with van der Waals surface area (Å²) in [5.41, 5.74) is 2.07. The van der Waals surface area contributed by atoms with E-state index in [4.69, 9.17) is 11.6 Å². The summed E-state index contributed by atoms with van der Waals surface area (Å²) < 4.78 is 1.91. The van der Waals surface area contributed by atoms with E-state index in [1.165, 1.54) is 19.4 Å². The second-order valence-electron chi connectivity index (χ2n) is 4.87. The summed E-state index contributed by atoms with van der Waals surface area (Å²) in [5.74, 6) is 0.775. The zero-order valence-electron chi connectivity index (χ0n) is 10.4. The number of nitrogens with zero attached hydrogens (tertiary/aromatic N) is 3. The number of hydrogen-bond donors (Lipinski definition) is 0. The Labute approximate surface area is 116 Å². The molecule has 1 aromatic rings. The molecule has 17 heavy (non-hydrogen) atoms. The first-order valence-electron chi connectivity index (χ1n) is 6.08. The topological polar surface area (TPSA) is 21.1 Å². The van der Waals surface area contributed by atoms with Gasteiger partial charge in [0, 0.05) is 25.5 Å². The highest BCUT2D eigenvalue weighted by Gasteiger charge is 2.21. The van der Waals surface area contributed by atoms with Crippen LogP contribution in [0, 0.1) is 12.8 Å². The predicted octanol–water partition coefficient (Wildman–Crippen LogP) is 2.99. The lowest BCUT2D eigenvalue weighted by Gasteiger charge is -2.31. The largest absolute Gasteiger partial charge is 0.297 e. The van der Waals surface area contributed by atoms with Crippen LogP contribution in [0.4, 0.5) is 0 Å². The molecule has 1 fully saturated rings. The smallest absolute Gasteiger partial charge is 0.0860 e. The van der Waals surface area contributed by atoms with Gasteiger partial charge in [-0.1, -0.05) is 27.5 Å². The van der Waals surface area contributed by atoms with Gasteiger partial charge in [0.1, 0.15) is 0 Å². The minimum atomic E-state index is 0.775. The molecular weight excluding hydrogens is 302 g/mol. The molecule has 0 aromatic carbocycles. The first kappa shape index (κ1) is 13.4. The van der Waals surface area contributed by atoms with Gasteiger partial charge < -0.3 is 0 Å². The van der Waals surface area contributed by atoms with Gasteiger partial charge in [0.2, 0.25) is 0 Å². The first-order valence-corrected chi connectivity index (χ1v) is 7.58. The van der Waals surface area contributed by atoms with Gasteiger partial charge >= 0.3 is 0 Å². The van der Waals surface area contributed by atoms with Crippen molar-refractivity contribution in [2.45, 2.75) is 26.3 Å². The van der Waals surface area contributed by atoms with Gasteiger partial charge in [-0.05, 0) is 32.2 Å². The van der Waals surface area contributed by atoms with Crippen molar-refractivity contribution in [2.75, 3.05) is 18.4 Å². The molecule has 2 heterocycles. The van der Waals surface area contributed by atoms with E-state index in [2.05, 4.69) is 25.9 Å². The second-order valence-corrected chi connectivity index (χ2v) is 5.89. The van der Waals surface area contributed by atoms with Crippen LogP contribution < -0.4 is 0 Å². The van der Waals surface area contributed by atoms with E-state index < -0.39 is 0 Å². The Morgan fingerprint density at radius 2 is 2.29 bits per heavy atom. The van der Waals surface area contributed by atoms with Crippen LogP contribution in [-0.4, -0.2) is 33.1 Å². The average molecular weight is 321 g/mol. The van der Waals surface area contributed by atoms with Crippen molar-refractivity contribution in [3.8, 4) is 0 Å². The number of aryl methyl sites for hydroxylation is 2. The number of likely N-dealkylation sites (tertiary alicyclic amines) is 1. The maximum Gasteiger partial charge on any atom is 0.0860 e. The number of alkyl halides is 1. The Morgan fingerprint density at radius 1 is 1.53 bits per heavy atom. The summed E-state index contributed by atoms with van der Waals surface area (Å²) in [7, 11) is 1.97. The van der Waals surface area contributed by atoms with Crippen molar-refractivity contribution in [3.63, 3.8) is 0 Å². The number of rotatable bonds is 3. The zero-order chi connectivity index (χ0) is 12.4. The highest BCUT2D eigenvalue weighted by molar-refractivity contribution is 9.09.